The highest BCUT2D eigenvalue weighted by Crippen LogP contribution is 2.14. The molecule has 0 saturated carbocycles. The topological polar surface area (TPSA) is 89.5 Å². The lowest BCUT2D eigenvalue weighted by atomic mass is 10.0. The molecular formula is C23H46N2O4. The molecule has 0 bridgehead atoms. The molecule has 0 aliphatic carbocycles. The van der Waals surface area contributed by atoms with Gasteiger partial charge in [-0.05, 0) is 6.42 Å². The number of hydrogen-bond donors (Lipinski definition) is 2. The Kier molecular flexibility index (Phi) is 15.1. The van der Waals surface area contributed by atoms with E-state index < -0.39 is 18.1 Å². The van der Waals surface area contributed by atoms with Crippen LogP contribution in [0.1, 0.15) is 103 Å². The molecular weight excluding hydrogens is 368 g/mol. The molecule has 0 fully saturated rings. The molecule has 0 aliphatic rings. The molecule has 0 rings (SSSR count). The largest absolute Gasteiger partial charge is 0.550 e. The second kappa shape index (κ2) is 15.7. The fraction of sp³-hybridized carbons (Fsp3) is 0.913. The molecule has 0 aromatic heterocycles. The molecule has 0 spiro atoms. The second-order valence-electron chi connectivity index (χ2n) is 9.57. The number of nitrogens with zero attached hydrogens (tertiary/aromatic N) is 1. The smallest absolute Gasteiger partial charge is 0.222 e. The zero-order valence-electron chi connectivity index (χ0n) is 19.4. The third-order valence-corrected chi connectivity index (χ3v) is 5.05. The van der Waals surface area contributed by atoms with E-state index in [2.05, 4.69) is 12.2 Å². The van der Waals surface area contributed by atoms with E-state index in [4.69, 9.17) is 0 Å². The van der Waals surface area contributed by atoms with Crippen LogP contribution in [0.3, 0.4) is 0 Å². The first-order valence-electron chi connectivity index (χ1n) is 11.6. The Hall–Kier alpha value is -1.14. The number of carboxylic acid groups (broad SMARTS) is 1. The minimum absolute atomic E-state index is 0.103. The summed E-state index contributed by atoms with van der Waals surface area (Å²) in [5.41, 5.74) is -1.77. The van der Waals surface area contributed by atoms with Crippen LogP contribution in [0, 0.1) is 0 Å². The molecule has 6 heteroatoms. The van der Waals surface area contributed by atoms with E-state index >= 15 is 0 Å². The fourth-order valence-electron chi connectivity index (χ4n) is 3.79. The van der Waals surface area contributed by atoms with E-state index in [0.29, 0.717) is 10.9 Å². The van der Waals surface area contributed by atoms with Crippen molar-refractivity contribution in [2.45, 2.75) is 109 Å². The average Bonchev–Trinajstić information content (AvgIpc) is 2.56. The molecule has 0 saturated heterocycles. The normalized spacial score (nSPS) is 13.8. The first-order valence-corrected chi connectivity index (χ1v) is 11.6. The van der Waals surface area contributed by atoms with Crippen molar-refractivity contribution in [3.05, 3.63) is 0 Å². The number of likely N-dealkylation sites (N-methyl/N-ethyl adjacent to an activating group) is 1. The summed E-state index contributed by atoms with van der Waals surface area (Å²) in [4.78, 5) is 23.1. The molecule has 0 aliphatic heterocycles. The maximum atomic E-state index is 12.1. The molecule has 0 aromatic rings. The van der Waals surface area contributed by atoms with Crippen LogP contribution < -0.4 is 10.4 Å². The van der Waals surface area contributed by atoms with Crippen molar-refractivity contribution >= 4 is 11.9 Å². The van der Waals surface area contributed by atoms with Gasteiger partial charge in [-0.2, -0.15) is 0 Å². The number of carbonyl (C=O) groups is 2. The van der Waals surface area contributed by atoms with Crippen molar-refractivity contribution in [3.8, 4) is 0 Å². The Morgan fingerprint density at radius 3 is 1.62 bits per heavy atom. The quantitative estimate of drug-likeness (QED) is 0.193. The SMILES string of the molecule is CCCCCCCCCCCCCCCC(=O)NC(O)(CC(=O)[O-])C[N+](C)(C)C. The van der Waals surface area contributed by atoms with Crippen molar-refractivity contribution in [3.63, 3.8) is 0 Å². The molecule has 172 valence electrons. The molecule has 2 N–H and O–H groups in total. The van der Waals surface area contributed by atoms with E-state index in [0.717, 1.165) is 19.3 Å². The van der Waals surface area contributed by atoms with Gasteiger partial charge in [-0.1, -0.05) is 84.0 Å². The number of hydrogen-bond acceptors (Lipinski definition) is 4. The number of aliphatic hydroxyl groups is 1. The lowest BCUT2D eigenvalue weighted by Crippen LogP contribution is -2.60. The molecule has 0 aromatic carbocycles. The van der Waals surface area contributed by atoms with Crippen LogP contribution in [0.25, 0.3) is 0 Å². The Balaban J connectivity index is 3.80. The predicted molar refractivity (Wildman–Crippen MR) is 116 cm³/mol. The summed E-state index contributed by atoms with van der Waals surface area (Å²) in [6.07, 6.45) is 15.8. The number of nitrogens with one attached hydrogen (secondary N) is 1. The van der Waals surface area contributed by atoms with Crippen LogP contribution in [0.4, 0.5) is 0 Å². The van der Waals surface area contributed by atoms with Gasteiger partial charge < -0.3 is 24.8 Å². The van der Waals surface area contributed by atoms with Crippen LogP contribution in [0.15, 0.2) is 0 Å². The van der Waals surface area contributed by atoms with E-state index in [1.54, 1.807) is 0 Å². The molecule has 1 atom stereocenters. The standard InChI is InChI=1S/C23H46N2O4/c1-5-6-7-8-9-10-11-12-13-14-15-16-17-18-21(26)24-23(29,19-22(27)28)20-25(2,3)4/h29H,5-20H2,1-4H3,(H-,24,26,27,28). The van der Waals surface area contributed by atoms with Gasteiger partial charge in [-0.3, -0.25) is 4.79 Å². The number of aliphatic carboxylic acids is 1. The van der Waals surface area contributed by atoms with Crippen molar-refractivity contribution in [1.82, 2.24) is 5.32 Å². The van der Waals surface area contributed by atoms with E-state index in [1.807, 2.05) is 21.1 Å². The van der Waals surface area contributed by atoms with Gasteiger partial charge in [0.25, 0.3) is 0 Å². The van der Waals surface area contributed by atoms with Gasteiger partial charge in [0.1, 0.15) is 6.54 Å². The van der Waals surface area contributed by atoms with E-state index in [9.17, 15) is 19.8 Å². The third-order valence-electron chi connectivity index (χ3n) is 5.05. The van der Waals surface area contributed by atoms with Crippen molar-refractivity contribution in [2.24, 2.45) is 0 Å². The lowest BCUT2D eigenvalue weighted by molar-refractivity contribution is -0.877. The summed E-state index contributed by atoms with van der Waals surface area (Å²) in [5.74, 6) is -1.67. The van der Waals surface area contributed by atoms with Gasteiger partial charge in [0, 0.05) is 18.8 Å². The van der Waals surface area contributed by atoms with E-state index in [-0.39, 0.29) is 12.5 Å². The number of carboxylic acids is 1. The van der Waals surface area contributed by atoms with Gasteiger partial charge in [0.05, 0.1) is 21.1 Å². The first kappa shape index (κ1) is 27.9. The van der Waals surface area contributed by atoms with Crippen LogP contribution in [-0.2, 0) is 9.59 Å². The van der Waals surface area contributed by atoms with Crippen LogP contribution >= 0.6 is 0 Å². The van der Waals surface area contributed by atoms with Crippen molar-refractivity contribution in [1.29, 1.82) is 0 Å². The van der Waals surface area contributed by atoms with Gasteiger partial charge in [0.2, 0.25) is 5.91 Å². The van der Waals surface area contributed by atoms with Crippen LogP contribution in [0.5, 0.6) is 0 Å². The average molecular weight is 415 g/mol. The van der Waals surface area contributed by atoms with Gasteiger partial charge >= 0.3 is 0 Å². The number of quaternary nitrogens is 1. The third kappa shape index (κ3) is 18.6. The zero-order valence-corrected chi connectivity index (χ0v) is 19.4. The zero-order chi connectivity index (χ0) is 22.2. The Bertz CT molecular complexity index is 449. The molecule has 0 radical (unpaired) electrons. The predicted octanol–water partition coefficient (Wildman–Crippen LogP) is 3.12. The van der Waals surface area contributed by atoms with Crippen LogP contribution in [0.2, 0.25) is 0 Å². The Labute approximate surface area is 178 Å². The first-order chi connectivity index (χ1) is 13.6. The summed E-state index contributed by atoms with van der Waals surface area (Å²) in [7, 11) is 5.50. The van der Waals surface area contributed by atoms with Gasteiger partial charge in [-0.25, -0.2) is 0 Å². The molecule has 1 amide bonds. The maximum absolute atomic E-state index is 12.1. The molecule has 1 unspecified atom stereocenters. The maximum Gasteiger partial charge on any atom is 0.222 e. The monoisotopic (exact) mass is 414 g/mol. The summed E-state index contributed by atoms with van der Waals surface area (Å²) in [5, 5.41) is 24.0. The number of rotatable bonds is 19. The number of carbonyl (C=O) groups excluding carboxylic acids is 2. The summed E-state index contributed by atoms with van der Waals surface area (Å²) in [6, 6.07) is 0. The summed E-state index contributed by atoms with van der Waals surface area (Å²) in [6.45, 7) is 2.35. The molecule has 29 heavy (non-hydrogen) atoms. The number of unbranched alkanes of at least 4 members (excludes halogenated alkanes) is 12. The van der Waals surface area contributed by atoms with Crippen molar-refractivity contribution < 1.29 is 24.3 Å². The lowest BCUT2D eigenvalue weighted by Gasteiger charge is -2.36. The second-order valence-corrected chi connectivity index (χ2v) is 9.57. The molecule has 6 nitrogen and oxygen atoms in total. The highest BCUT2D eigenvalue weighted by molar-refractivity contribution is 5.77. The number of amides is 1. The van der Waals surface area contributed by atoms with Crippen molar-refractivity contribution in [2.75, 3.05) is 27.7 Å². The van der Waals surface area contributed by atoms with Gasteiger partial charge in [0.15, 0.2) is 5.72 Å². The minimum Gasteiger partial charge on any atom is -0.550 e. The fourth-order valence-corrected chi connectivity index (χ4v) is 3.79. The minimum atomic E-state index is -1.77. The highest BCUT2D eigenvalue weighted by atomic mass is 16.4. The summed E-state index contributed by atoms with van der Waals surface area (Å²) >= 11 is 0. The Morgan fingerprint density at radius 2 is 1.24 bits per heavy atom. The highest BCUT2D eigenvalue weighted by Gasteiger charge is 2.35. The van der Waals surface area contributed by atoms with Crippen LogP contribution in [-0.4, -0.2) is 54.9 Å². The Morgan fingerprint density at radius 1 is 0.828 bits per heavy atom. The van der Waals surface area contributed by atoms with E-state index in [1.165, 1.54) is 64.2 Å². The van der Waals surface area contributed by atoms with Gasteiger partial charge in [-0.15, -0.1) is 0 Å². The molecule has 0 heterocycles. The summed E-state index contributed by atoms with van der Waals surface area (Å²) < 4.78 is 0.336.